The summed E-state index contributed by atoms with van der Waals surface area (Å²) in [4.78, 5) is 37.1. The van der Waals surface area contributed by atoms with Crippen LogP contribution in [0.3, 0.4) is 0 Å². The summed E-state index contributed by atoms with van der Waals surface area (Å²) in [5, 5.41) is 11.8. The summed E-state index contributed by atoms with van der Waals surface area (Å²) >= 11 is 0. The maximum Gasteiger partial charge on any atom is 0.341 e. The lowest BCUT2D eigenvalue weighted by Crippen LogP contribution is -2.29. The fourth-order valence-corrected chi connectivity index (χ4v) is 3.35. The van der Waals surface area contributed by atoms with Crippen LogP contribution in [0, 0.1) is 6.92 Å². The van der Waals surface area contributed by atoms with Gasteiger partial charge in [-0.1, -0.05) is 17.7 Å². The third-order valence-corrected chi connectivity index (χ3v) is 5.05. The Morgan fingerprint density at radius 2 is 1.93 bits per heavy atom. The number of hydrogen-bond acceptors (Lipinski definition) is 4. The minimum atomic E-state index is -0.847. The average molecular weight is 400 g/mol. The Kier molecular flexibility index (Phi) is 7.20. The molecule has 0 fully saturated rings. The number of allylic oxidation sites excluding steroid dienone is 3. The van der Waals surface area contributed by atoms with Gasteiger partial charge in [0.2, 0.25) is 0 Å². The lowest BCUT2D eigenvalue weighted by molar-refractivity contribution is -0.136. The molecule has 0 atom stereocenters. The van der Waals surface area contributed by atoms with Crippen molar-refractivity contribution in [2.75, 3.05) is 19.4 Å². The molecule has 2 amide bonds. The van der Waals surface area contributed by atoms with Gasteiger partial charge in [-0.25, -0.2) is 9.59 Å². The molecule has 0 radical (unpaired) electrons. The molecule has 156 valence electrons. The molecular formula is C22H28N2O5. The highest BCUT2D eigenvalue weighted by Gasteiger charge is 2.32. The van der Waals surface area contributed by atoms with Gasteiger partial charge in [0.15, 0.2) is 0 Å². The molecule has 0 bridgehead atoms. The van der Waals surface area contributed by atoms with E-state index in [1.807, 2.05) is 19.9 Å². The molecule has 0 saturated heterocycles. The van der Waals surface area contributed by atoms with Crippen molar-refractivity contribution in [3.63, 3.8) is 0 Å². The van der Waals surface area contributed by atoms with Crippen LogP contribution in [0.1, 0.15) is 52.4 Å². The average Bonchev–Trinajstić information content (AvgIpc) is 3.04. The molecule has 29 heavy (non-hydrogen) atoms. The summed E-state index contributed by atoms with van der Waals surface area (Å²) in [7, 11) is 3.25. The molecule has 0 unspecified atom stereocenters. The van der Waals surface area contributed by atoms with Gasteiger partial charge in [0, 0.05) is 26.1 Å². The summed E-state index contributed by atoms with van der Waals surface area (Å²) < 4.78 is 5.26. The highest BCUT2D eigenvalue weighted by Crippen LogP contribution is 2.38. The van der Waals surface area contributed by atoms with Gasteiger partial charge < -0.3 is 20.1 Å². The molecule has 1 aliphatic rings. The van der Waals surface area contributed by atoms with Crippen LogP contribution in [0.15, 0.2) is 24.3 Å². The highest BCUT2D eigenvalue weighted by atomic mass is 16.5. The summed E-state index contributed by atoms with van der Waals surface area (Å²) in [5.41, 5.74) is 5.36. The Morgan fingerprint density at radius 3 is 2.52 bits per heavy atom. The molecule has 0 spiro atoms. The van der Waals surface area contributed by atoms with Crippen LogP contribution < -0.4 is 5.32 Å². The number of urea groups is 1. The van der Waals surface area contributed by atoms with E-state index in [2.05, 4.69) is 11.9 Å². The van der Waals surface area contributed by atoms with Gasteiger partial charge in [-0.05, 0) is 49.8 Å². The molecule has 7 heteroatoms. The van der Waals surface area contributed by atoms with Gasteiger partial charge in [0.25, 0.3) is 0 Å². The van der Waals surface area contributed by atoms with Crippen LogP contribution >= 0.6 is 0 Å². The summed E-state index contributed by atoms with van der Waals surface area (Å²) in [6.45, 7) is 7.84. The molecule has 1 heterocycles. The van der Waals surface area contributed by atoms with Crippen molar-refractivity contribution in [3.05, 3.63) is 52.1 Å². The van der Waals surface area contributed by atoms with Crippen molar-refractivity contribution in [3.8, 4) is 0 Å². The van der Waals surface area contributed by atoms with E-state index in [1.165, 1.54) is 4.90 Å². The number of benzene rings is 1. The number of carbonyl (C=O) groups is 3. The first-order valence-corrected chi connectivity index (χ1v) is 9.48. The number of anilines is 1. The van der Waals surface area contributed by atoms with E-state index in [0.717, 1.165) is 27.8 Å². The summed E-state index contributed by atoms with van der Waals surface area (Å²) in [5.74, 6) is -1.30. The van der Waals surface area contributed by atoms with E-state index < -0.39 is 11.9 Å². The third-order valence-electron chi connectivity index (χ3n) is 5.05. The van der Waals surface area contributed by atoms with Crippen LogP contribution in [0.4, 0.5) is 10.5 Å². The number of ether oxygens (including phenoxy) is 1. The van der Waals surface area contributed by atoms with Crippen molar-refractivity contribution in [1.29, 1.82) is 0 Å². The monoisotopic (exact) mass is 400 g/mol. The van der Waals surface area contributed by atoms with Crippen molar-refractivity contribution in [2.45, 2.75) is 46.1 Å². The van der Waals surface area contributed by atoms with Crippen LogP contribution in [0.5, 0.6) is 0 Å². The Hall–Kier alpha value is -3.09. The molecule has 0 aromatic heterocycles. The third kappa shape index (κ3) is 5.04. The molecular weight excluding hydrogens is 372 g/mol. The number of fused-ring (bicyclic) bond motifs is 1. The number of carboxylic acids is 1. The van der Waals surface area contributed by atoms with E-state index in [4.69, 9.17) is 9.84 Å². The molecule has 0 saturated carbocycles. The molecule has 2 N–H and O–H groups in total. The highest BCUT2D eigenvalue weighted by molar-refractivity contribution is 6.05. The van der Waals surface area contributed by atoms with Crippen LogP contribution in [-0.4, -0.2) is 42.1 Å². The first-order valence-electron chi connectivity index (χ1n) is 9.48. The number of amides is 2. The van der Waals surface area contributed by atoms with Crippen LogP contribution in [-0.2, 0) is 29.0 Å². The van der Waals surface area contributed by atoms with E-state index in [9.17, 15) is 14.4 Å². The Balaban J connectivity index is 2.59. The van der Waals surface area contributed by atoms with Crippen molar-refractivity contribution in [2.24, 2.45) is 0 Å². The van der Waals surface area contributed by atoms with E-state index >= 15 is 0 Å². The predicted octanol–water partition coefficient (Wildman–Crippen LogP) is 3.84. The number of carboxylic acid groups (broad SMARTS) is 1. The largest absolute Gasteiger partial charge is 0.481 e. The zero-order chi connectivity index (χ0) is 21.7. The van der Waals surface area contributed by atoms with Gasteiger partial charge in [-0.15, -0.1) is 6.58 Å². The van der Waals surface area contributed by atoms with Gasteiger partial charge in [-0.2, -0.15) is 0 Å². The fraction of sp³-hybridized carbons (Fsp3) is 0.409. The van der Waals surface area contributed by atoms with Gasteiger partial charge in [0.05, 0.1) is 11.3 Å². The lowest BCUT2D eigenvalue weighted by Gasteiger charge is -2.21. The maximum atomic E-state index is 12.4. The first-order chi connectivity index (χ1) is 13.7. The second kappa shape index (κ2) is 9.41. The molecule has 2 rings (SSSR count). The van der Waals surface area contributed by atoms with Gasteiger partial charge >= 0.3 is 18.0 Å². The minimum absolute atomic E-state index is 0.0572. The minimum Gasteiger partial charge on any atom is -0.481 e. The Morgan fingerprint density at radius 1 is 1.24 bits per heavy atom. The molecule has 1 aromatic carbocycles. The van der Waals surface area contributed by atoms with E-state index in [-0.39, 0.29) is 19.1 Å². The standard InChI is InChI=1S/C22H28N2O5/c1-6-7-15-14(3)17-12-29-21(27)19(17)20(23-22(28)24(4)5)16(15)10-8-13(2)9-11-18(25)26/h6,8H,1,7,9-12H2,2-5H3,(H,23,28)(H,25,26). The zero-order valence-electron chi connectivity index (χ0n) is 17.4. The number of esters is 1. The number of nitrogens with one attached hydrogen (secondary N) is 1. The Bertz CT molecular complexity index is 884. The summed E-state index contributed by atoms with van der Waals surface area (Å²) in [6, 6.07) is -0.340. The number of cyclic esters (lactones) is 1. The van der Waals surface area contributed by atoms with Crippen LogP contribution in [0.2, 0.25) is 0 Å². The summed E-state index contributed by atoms with van der Waals surface area (Å²) in [6.07, 6.45) is 5.27. The van der Waals surface area contributed by atoms with E-state index in [1.54, 1.807) is 20.2 Å². The second-order valence-electron chi connectivity index (χ2n) is 7.35. The normalized spacial score (nSPS) is 13.0. The SMILES string of the molecule is C=CCc1c(C)c2c(c(NC(=O)N(C)C)c1CC=C(C)CCC(=O)O)C(=O)OC2. The smallest absolute Gasteiger partial charge is 0.341 e. The predicted molar refractivity (Wildman–Crippen MR) is 111 cm³/mol. The van der Waals surface area contributed by atoms with Gasteiger partial charge in [0.1, 0.15) is 6.61 Å². The quantitative estimate of drug-likeness (QED) is 0.511. The zero-order valence-corrected chi connectivity index (χ0v) is 17.4. The molecule has 0 aliphatic carbocycles. The van der Waals surface area contributed by atoms with Crippen molar-refractivity contribution >= 4 is 23.7 Å². The number of rotatable bonds is 8. The number of carbonyl (C=O) groups excluding carboxylic acids is 2. The number of hydrogen-bond donors (Lipinski definition) is 2. The maximum absolute atomic E-state index is 12.4. The number of nitrogens with zero attached hydrogens (tertiary/aromatic N) is 1. The topological polar surface area (TPSA) is 95.9 Å². The van der Waals surface area contributed by atoms with Crippen molar-refractivity contribution < 1.29 is 24.2 Å². The number of aliphatic carboxylic acids is 1. The van der Waals surface area contributed by atoms with Crippen LogP contribution in [0.25, 0.3) is 0 Å². The second-order valence-corrected chi connectivity index (χ2v) is 7.35. The van der Waals surface area contributed by atoms with Gasteiger partial charge in [-0.3, -0.25) is 4.79 Å². The Labute approximate surface area is 171 Å². The first kappa shape index (κ1) is 22.2. The lowest BCUT2D eigenvalue weighted by atomic mass is 9.87. The van der Waals surface area contributed by atoms with E-state index in [0.29, 0.717) is 30.5 Å². The molecule has 7 nitrogen and oxygen atoms in total. The fourth-order valence-electron chi connectivity index (χ4n) is 3.35. The molecule has 1 aliphatic heterocycles. The van der Waals surface area contributed by atoms with Crippen molar-refractivity contribution in [1.82, 2.24) is 4.90 Å². The molecule has 1 aromatic rings.